The predicted molar refractivity (Wildman–Crippen MR) is 81.2 cm³/mol. The molecule has 1 saturated heterocycles. The zero-order chi connectivity index (χ0) is 15.1. The highest BCUT2D eigenvalue weighted by Gasteiger charge is 2.38. The lowest BCUT2D eigenvalue weighted by Crippen LogP contribution is -2.35. The van der Waals surface area contributed by atoms with Crippen molar-refractivity contribution in [3.8, 4) is 5.75 Å². The van der Waals surface area contributed by atoms with E-state index in [1.165, 1.54) is 11.9 Å². The van der Waals surface area contributed by atoms with Gasteiger partial charge in [-0.3, -0.25) is 4.72 Å². The molecule has 1 aromatic carbocycles. The van der Waals surface area contributed by atoms with Gasteiger partial charge in [0.25, 0.3) is 0 Å². The number of hydrogen-bond acceptors (Lipinski definition) is 5. The molecule has 116 valence electrons. The molecule has 0 aliphatic carbocycles. The third-order valence-electron chi connectivity index (χ3n) is 3.05. The van der Waals surface area contributed by atoms with Crippen molar-refractivity contribution in [1.82, 2.24) is 10.0 Å². The summed E-state index contributed by atoms with van der Waals surface area (Å²) in [4.78, 5) is 11.4. The molecule has 1 aliphatic heterocycles. The van der Waals surface area contributed by atoms with Crippen molar-refractivity contribution in [3.05, 3.63) is 29.8 Å². The number of hydrogen-bond donors (Lipinski definition) is 2. The van der Waals surface area contributed by atoms with Gasteiger partial charge in [0.05, 0.1) is 26.1 Å². The van der Waals surface area contributed by atoms with Crippen LogP contribution in [0.4, 0.5) is 4.79 Å². The Morgan fingerprint density at radius 3 is 2.57 bits per heavy atom. The first-order chi connectivity index (χ1) is 10.2. The van der Waals surface area contributed by atoms with Crippen LogP contribution < -0.4 is 14.8 Å². The van der Waals surface area contributed by atoms with Crippen LogP contribution in [0.5, 0.6) is 5.75 Å². The first-order valence-corrected chi connectivity index (χ1v) is 7.77. The molecular formula is C14H20N2O4S. The molecule has 0 radical (unpaired) electrons. The van der Waals surface area contributed by atoms with E-state index in [-0.39, 0.29) is 6.03 Å². The summed E-state index contributed by atoms with van der Waals surface area (Å²) in [6, 6.07) is 7.34. The summed E-state index contributed by atoms with van der Waals surface area (Å²) in [5, 5.41) is 2.67. The van der Waals surface area contributed by atoms with Gasteiger partial charge in [0.15, 0.2) is 0 Å². The number of carbonyl (C=O) groups excluding carboxylic acids is 1. The number of benzene rings is 1. The van der Waals surface area contributed by atoms with Gasteiger partial charge >= 0.3 is 6.03 Å². The monoisotopic (exact) mass is 312 g/mol. The van der Waals surface area contributed by atoms with Crippen molar-refractivity contribution >= 4 is 18.0 Å². The van der Waals surface area contributed by atoms with Gasteiger partial charge < -0.3 is 19.5 Å². The number of carbonyl (C=O) groups is 1. The third-order valence-corrected chi connectivity index (χ3v) is 3.90. The summed E-state index contributed by atoms with van der Waals surface area (Å²) >= 11 is 1.26. The standard InChI is InChI=1S/C14H20N2O4S/c1-3-15-13(17)16-21-10-14(19-8-9-20-14)11-4-6-12(18-2)7-5-11/h4-7H,3,8-10H2,1-2H3,(H2,15,16,17). The second-order valence-electron chi connectivity index (χ2n) is 4.43. The van der Waals surface area contributed by atoms with Crippen LogP contribution in [-0.2, 0) is 15.3 Å². The first-order valence-electron chi connectivity index (χ1n) is 6.78. The predicted octanol–water partition coefficient (Wildman–Crippen LogP) is 1.86. The van der Waals surface area contributed by atoms with Crippen LogP contribution in [0.1, 0.15) is 12.5 Å². The maximum atomic E-state index is 11.4. The van der Waals surface area contributed by atoms with E-state index in [2.05, 4.69) is 10.0 Å². The van der Waals surface area contributed by atoms with Crippen LogP contribution in [0.2, 0.25) is 0 Å². The Kier molecular flexibility index (Phi) is 5.72. The molecule has 7 heteroatoms. The fourth-order valence-electron chi connectivity index (χ4n) is 2.03. The smallest absolute Gasteiger partial charge is 0.324 e. The Morgan fingerprint density at radius 1 is 1.33 bits per heavy atom. The Morgan fingerprint density at radius 2 is 2.00 bits per heavy atom. The van der Waals surface area contributed by atoms with E-state index < -0.39 is 5.79 Å². The summed E-state index contributed by atoms with van der Waals surface area (Å²) in [6.45, 7) is 3.52. The molecule has 1 aromatic rings. The lowest BCUT2D eigenvalue weighted by molar-refractivity contribution is -0.145. The van der Waals surface area contributed by atoms with E-state index >= 15 is 0 Å². The molecule has 2 N–H and O–H groups in total. The van der Waals surface area contributed by atoms with Crippen molar-refractivity contribution < 1.29 is 19.0 Å². The van der Waals surface area contributed by atoms with Crippen molar-refractivity contribution in [1.29, 1.82) is 0 Å². The van der Waals surface area contributed by atoms with Crippen molar-refractivity contribution in [3.63, 3.8) is 0 Å². The Labute approximate surface area is 128 Å². The molecule has 0 atom stereocenters. The van der Waals surface area contributed by atoms with E-state index in [4.69, 9.17) is 14.2 Å². The maximum Gasteiger partial charge on any atom is 0.324 e. The summed E-state index contributed by atoms with van der Waals surface area (Å²) in [5.74, 6) is 0.424. The van der Waals surface area contributed by atoms with E-state index in [9.17, 15) is 4.79 Å². The fraction of sp³-hybridized carbons (Fsp3) is 0.500. The number of amides is 2. The second kappa shape index (κ2) is 7.53. The molecule has 2 rings (SSSR count). The van der Waals surface area contributed by atoms with Gasteiger partial charge in [-0.05, 0) is 43.1 Å². The minimum absolute atomic E-state index is 0.217. The Bertz CT molecular complexity index is 461. The minimum atomic E-state index is -0.823. The van der Waals surface area contributed by atoms with Crippen molar-refractivity contribution in [2.75, 3.05) is 32.6 Å². The van der Waals surface area contributed by atoms with Gasteiger partial charge in [0.2, 0.25) is 5.79 Å². The molecule has 0 bridgehead atoms. The van der Waals surface area contributed by atoms with Gasteiger partial charge in [-0.15, -0.1) is 0 Å². The van der Waals surface area contributed by atoms with Gasteiger partial charge in [0.1, 0.15) is 5.75 Å². The average Bonchev–Trinajstić information content (AvgIpc) is 2.98. The van der Waals surface area contributed by atoms with Gasteiger partial charge in [-0.1, -0.05) is 0 Å². The van der Waals surface area contributed by atoms with E-state index in [1.54, 1.807) is 7.11 Å². The first kappa shape index (κ1) is 15.9. The van der Waals surface area contributed by atoms with Gasteiger partial charge in [-0.2, -0.15) is 0 Å². The molecule has 0 aromatic heterocycles. The van der Waals surface area contributed by atoms with Gasteiger partial charge in [0, 0.05) is 12.1 Å². The summed E-state index contributed by atoms with van der Waals surface area (Å²) in [7, 11) is 1.62. The molecule has 2 amide bonds. The van der Waals surface area contributed by atoms with E-state index in [0.717, 1.165) is 11.3 Å². The van der Waals surface area contributed by atoms with Crippen molar-refractivity contribution in [2.24, 2.45) is 0 Å². The molecule has 6 nitrogen and oxygen atoms in total. The fourth-order valence-corrected chi connectivity index (χ4v) is 2.83. The van der Waals surface area contributed by atoms with Crippen LogP contribution in [0.3, 0.4) is 0 Å². The summed E-state index contributed by atoms with van der Waals surface area (Å²) in [5.41, 5.74) is 0.908. The SMILES string of the molecule is CCNC(=O)NSCC1(c2ccc(OC)cc2)OCCO1. The zero-order valence-electron chi connectivity index (χ0n) is 12.2. The quantitative estimate of drug-likeness (QED) is 0.785. The third kappa shape index (κ3) is 4.03. The van der Waals surface area contributed by atoms with Crippen LogP contribution in [0.25, 0.3) is 0 Å². The summed E-state index contributed by atoms with van der Waals surface area (Å²) in [6.07, 6.45) is 0. The molecule has 1 fully saturated rings. The number of nitrogens with one attached hydrogen (secondary N) is 2. The maximum absolute atomic E-state index is 11.4. The van der Waals surface area contributed by atoms with E-state index in [1.807, 2.05) is 31.2 Å². The number of ether oxygens (including phenoxy) is 3. The summed E-state index contributed by atoms with van der Waals surface area (Å²) < 4.78 is 19.4. The lowest BCUT2D eigenvalue weighted by Gasteiger charge is -2.27. The molecule has 0 unspecified atom stereocenters. The number of urea groups is 1. The van der Waals surface area contributed by atoms with Crippen LogP contribution in [0, 0.1) is 0 Å². The van der Waals surface area contributed by atoms with Crippen LogP contribution in [0.15, 0.2) is 24.3 Å². The molecule has 21 heavy (non-hydrogen) atoms. The molecule has 1 aliphatic rings. The normalized spacial score (nSPS) is 16.5. The molecule has 0 spiro atoms. The zero-order valence-corrected chi connectivity index (χ0v) is 13.0. The average molecular weight is 312 g/mol. The van der Waals surface area contributed by atoms with E-state index in [0.29, 0.717) is 25.5 Å². The minimum Gasteiger partial charge on any atom is -0.497 e. The highest BCUT2D eigenvalue weighted by molar-refractivity contribution is 7.97. The lowest BCUT2D eigenvalue weighted by atomic mass is 10.1. The van der Waals surface area contributed by atoms with Crippen molar-refractivity contribution in [2.45, 2.75) is 12.7 Å². The van der Waals surface area contributed by atoms with Crippen LogP contribution >= 0.6 is 11.9 Å². The Hall–Kier alpha value is -1.44. The molecular weight excluding hydrogens is 292 g/mol. The Balaban J connectivity index is 2.00. The largest absolute Gasteiger partial charge is 0.497 e. The molecule has 1 heterocycles. The number of rotatable bonds is 6. The van der Waals surface area contributed by atoms with Gasteiger partial charge in [-0.25, -0.2) is 4.79 Å². The number of methoxy groups -OCH3 is 1. The highest BCUT2D eigenvalue weighted by atomic mass is 32.2. The molecule has 0 saturated carbocycles. The topological polar surface area (TPSA) is 68.8 Å². The highest BCUT2D eigenvalue weighted by Crippen LogP contribution is 2.34. The second-order valence-corrected chi connectivity index (χ2v) is 5.21. The van der Waals surface area contributed by atoms with Crippen LogP contribution in [-0.4, -0.2) is 38.7 Å².